The van der Waals surface area contributed by atoms with Gasteiger partial charge in [0, 0.05) is 46.0 Å². The molecular formula is C12H20N4O2. The van der Waals surface area contributed by atoms with Crippen molar-refractivity contribution in [3.63, 3.8) is 0 Å². The Bertz CT molecular complexity index is 422. The zero-order chi connectivity index (χ0) is 13.1. The van der Waals surface area contributed by atoms with Crippen molar-refractivity contribution in [2.45, 2.75) is 6.92 Å². The highest BCUT2D eigenvalue weighted by atomic mass is 16.3. The Morgan fingerprint density at radius 3 is 2.56 bits per heavy atom. The fourth-order valence-corrected chi connectivity index (χ4v) is 2.30. The van der Waals surface area contributed by atoms with Crippen LogP contribution in [-0.2, 0) is 7.05 Å². The van der Waals surface area contributed by atoms with Crippen LogP contribution in [0.5, 0.6) is 0 Å². The van der Waals surface area contributed by atoms with Crippen LogP contribution < -0.4 is 0 Å². The third kappa shape index (κ3) is 2.70. The van der Waals surface area contributed by atoms with E-state index < -0.39 is 0 Å². The van der Waals surface area contributed by atoms with Crippen LogP contribution in [0.2, 0.25) is 0 Å². The van der Waals surface area contributed by atoms with Gasteiger partial charge in [0.05, 0.1) is 17.9 Å². The predicted octanol–water partition coefficient (Wildman–Crippen LogP) is -0.521. The lowest BCUT2D eigenvalue weighted by molar-refractivity contribution is 0.0614. The van der Waals surface area contributed by atoms with Crippen LogP contribution in [0.15, 0.2) is 6.20 Å². The smallest absolute Gasteiger partial charge is 0.257 e. The third-order valence-electron chi connectivity index (χ3n) is 3.32. The van der Waals surface area contributed by atoms with Crippen molar-refractivity contribution in [2.75, 3.05) is 39.3 Å². The Kier molecular flexibility index (Phi) is 3.98. The van der Waals surface area contributed by atoms with E-state index in [2.05, 4.69) is 10.00 Å². The Labute approximate surface area is 107 Å². The van der Waals surface area contributed by atoms with Gasteiger partial charge in [0.15, 0.2) is 0 Å². The van der Waals surface area contributed by atoms with Gasteiger partial charge in [-0.3, -0.25) is 14.4 Å². The van der Waals surface area contributed by atoms with E-state index in [0.29, 0.717) is 25.2 Å². The second kappa shape index (κ2) is 5.49. The summed E-state index contributed by atoms with van der Waals surface area (Å²) in [6.45, 7) is 5.80. The molecule has 6 heteroatoms. The number of piperazine rings is 1. The number of aryl methyl sites for hydroxylation is 2. The number of aliphatic hydroxyl groups excluding tert-OH is 1. The van der Waals surface area contributed by atoms with Crippen LogP contribution in [0.4, 0.5) is 0 Å². The zero-order valence-corrected chi connectivity index (χ0v) is 11.0. The molecule has 100 valence electrons. The number of aliphatic hydroxyl groups is 1. The van der Waals surface area contributed by atoms with Gasteiger partial charge in [-0.15, -0.1) is 0 Å². The van der Waals surface area contributed by atoms with E-state index >= 15 is 0 Å². The van der Waals surface area contributed by atoms with Gasteiger partial charge in [0.25, 0.3) is 5.91 Å². The molecule has 1 aromatic rings. The van der Waals surface area contributed by atoms with Crippen LogP contribution in [-0.4, -0.2) is 69.9 Å². The van der Waals surface area contributed by atoms with Crippen LogP contribution in [0.3, 0.4) is 0 Å². The molecule has 1 fully saturated rings. The van der Waals surface area contributed by atoms with E-state index in [1.807, 2.05) is 18.9 Å². The molecule has 1 N–H and O–H groups in total. The molecule has 1 aromatic heterocycles. The lowest BCUT2D eigenvalue weighted by Crippen LogP contribution is -2.49. The molecule has 1 aliphatic heterocycles. The summed E-state index contributed by atoms with van der Waals surface area (Å²) in [5, 5.41) is 13.1. The van der Waals surface area contributed by atoms with Gasteiger partial charge in [-0.05, 0) is 6.92 Å². The summed E-state index contributed by atoms with van der Waals surface area (Å²) < 4.78 is 1.67. The second-order valence-electron chi connectivity index (χ2n) is 4.66. The molecule has 2 heterocycles. The van der Waals surface area contributed by atoms with E-state index in [4.69, 9.17) is 5.11 Å². The van der Waals surface area contributed by atoms with E-state index in [-0.39, 0.29) is 12.5 Å². The molecule has 0 atom stereocenters. The number of β-amino-alcohol motifs (C(OH)–C–C–N with tert-alkyl or cyclic N) is 1. The number of nitrogens with zero attached hydrogens (tertiary/aromatic N) is 4. The number of hydrogen-bond donors (Lipinski definition) is 1. The SMILES string of the molecule is Cc1nn(C)cc1C(=O)N1CCN(CCO)CC1. The maximum atomic E-state index is 12.3. The second-order valence-corrected chi connectivity index (χ2v) is 4.66. The minimum absolute atomic E-state index is 0.0595. The van der Waals surface area contributed by atoms with Crippen LogP contribution in [0.25, 0.3) is 0 Å². The summed E-state index contributed by atoms with van der Waals surface area (Å²) in [5.74, 6) is 0.0595. The number of carbonyl (C=O) groups is 1. The van der Waals surface area contributed by atoms with Gasteiger partial charge < -0.3 is 10.0 Å². The predicted molar refractivity (Wildman–Crippen MR) is 67.4 cm³/mol. The van der Waals surface area contributed by atoms with E-state index in [0.717, 1.165) is 18.8 Å². The Balaban J connectivity index is 1.97. The summed E-state index contributed by atoms with van der Waals surface area (Å²) in [5.41, 5.74) is 1.47. The third-order valence-corrected chi connectivity index (χ3v) is 3.32. The first-order chi connectivity index (χ1) is 8.61. The highest BCUT2D eigenvalue weighted by Gasteiger charge is 2.23. The summed E-state index contributed by atoms with van der Waals surface area (Å²) in [6, 6.07) is 0. The number of hydrogen-bond acceptors (Lipinski definition) is 4. The first-order valence-electron chi connectivity index (χ1n) is 6.24. The molecule has 0 aromatic carbocycles. The van der Waals surface area contributed by atoms with Gasteiger partial charge in [0.1, 0.15) is 0 Å². The Morgan fingerprint density at radius 2 is 2.06 bits per heavy atom. The van der Waals surface area contributed by atoms with Gasteiger partial charge in [-0.1, -0.05) is 0 Å². The van der Waals surface area contributed by atoms with Crippen LogP contribution in [0, 0.1) is 6.92 Å². The number of carbonyl (C=O) groups excluding carboxylic acids is 1. The zero-order valence-electron chi connectivity index (χ0n) is 11.0. The van der Waals surface area contributed by atoms with Crippen molar-refractivity contribution >= 4 is 5.91 Å². The largest absolute Gasteiger partial charge is 0.395 e. The van der Waals surface area contributed by atoms with Gasteiger partial charge in [0.2, 0.25) is 0 Å². The summed E-state index contributed by atoms with van der Waals surface area (Å²) in [4.78, 5) is 16.3. The molecule has 0 aliphatic carbocycles. The fraction of sp³-hybridized carbons (Fsp3) is 0.667. The molecule has 0 saturated carbocycles. The topological polar surface area (TPSA) is 61.6 Å². The quantitative estimate of drug-likeness (QED) is 0.786. The van der Waals surface area contributed by atoms with E-state index in [1.54, 1.807) is 10.9 Å². The van der Waals surface area contributed by atoms with Crippen molar-refractivity contribution in [3.05, 3.63) is 17.5 Å². The molecule has 0 bridgehead atoms. The molecule has 1 saturated heterocycles. The Hall–Kier alpha value is -1.40. The minimum Gasteiger partial charge on any atom is -0.395 e. The molecular weight excluding hydrogens is 232 g/mol. The van der Waals surface area contributed by atoms with Crippen LogP contribution >= 0.6 is 0 Å². The molecule has 1 aliphatic rings. The normalized spacial score (nSPS) is 17.2. The molecule has 18 heavy (non-hydrogen) atoms. The van der Waals surface area contributed by atoms with Gasteiger partial charge in [-0.2, -0.15) is 5.10 Å². The van der Waals surface area contributed by atoms with Crippen LogP contribution in [0.1, 0.15) is 16.1 Å². The van der Waals surface area contributed by atoms with Crippen molar-refractivity contribution < 1.29 is 9.90 Å². The molecule has 0 spiro atoms. The first kappa shape index (κ1) is 13.0. The highest BCUT2D eigenvalue weighted by molar-refractivity contribution is 5.95. The van der Waals surface area contributed by atoms with Crippen molar-refractivity contribution in [1.82, 2.24) is 19.6 Å². The van der Waals surface area contributed by atoms with E-state index in [9.17, 15) is 4.79 Å². The van der Waals surface area contributed by atoms with Gasteiger partial charge >= 0.3 is 0 Å². The van der Waals surface area contributed by atoms with Gasteiger partial charge in [-0.25, -0.2) is 0 Å². The standard InChI is InChI=1S/C12H20N4O2/c1-10-11(9-14(2)13-10)12(18)16-5-3-15(4-6-16)7-8-17/h9,17H,3-8H2,1-2H3. The monoisotopic (exact) mass is 252 g/mol. The average molecular weight is 252 g/mol. The summed E-state index contributed by atoms with van der Waals surface area (Å²) in [7, 11) is 1.82. The fourth-order valence-electron chi connectivity index (χ4n) is 2.30. The first-order valence-corrected chi connectivity index (χ1v) is 6.24. The molecule has 0 unspecified atom stereocenters. The van der Waals surface area contributed by atoms with Crippen molar-refractivity contribution in [2.24, 2.45) is 7.05 Å². The Morgan fingerprint density at radius 1 is 1.39 bits per heavy atom. The maximum absolute atomic E-state index is 12.3. The molecule has 6 nitrogen and oxygen atoms in total. The number of rotatable bonds is 3. The number of aromatic nitrogens is 2. The van der Waals surface area contributed by atoms with E-state index in [1.165, 1.54) is 0 Å². The lowest BCUT2D eigenvalue weighted by Gasteiger charge is -2.34. The molecule has 2 rings (SSSR count). The summed E-state index contributed by atoms with van der Waals surface area (Å²) in [6.07, 6.45) is 1.78. The summed E-state index contributed by atoms with van der Waals surface area (Å²) >= 11 is 0. The maximum Gasteiger partial charge on any atom is 0.257 e. The van der Waals surface area contributed by atoms with Crippen molar-refractivity contribution in [1.29, 1.82) is 0 Å². The van der Waals surface area contributed by atoms with Crippen molar-refractivity contribution in [3.8, 4) is 0 Å². The minimum atomic E-state index is 0.0595. The molecule has 1 amide bonds. The molecule has 0 radical (unpaired) electrons. The highest BCUT2D eigenvalue weighted by Crippen LogP contribution is 2.11. The number of amides is 1. The average Bonchev–Trinajstić information content (AvgIpc) is 2.69. The lowest BCUT2D eigenvalue weighted by atomic mass is 10.2.